The lowest BCUT2D eigenvalue weighted by Gasteiger charge is -2.37. The zero-order valence-corrected chi connectivity index (χ0v) is 22.5. The normalized spacial score (nSPS) is 25.4. The van der Waals surface area contributed by atoms with Gasteiger partial charge in [0, 0.05) is 28.8 Å². The summed E-state index contributed by atoms with van der Waals surface area (Å²) in [6.07, 6.45) is 13.0. The molecule has 1 aromatic heterocycles. The summed E-state index contributed by atoms with van der Waals surface area (Å²) in [5, 5.41) is 6.52. The van der Waals surface area contributed by atoms with Gasteiger partial charge in [-0.05, 0) is 98.7 Å². The number of aromatic nitrogens is 2. The van der Waals surface area contributed by atoms with Crippen LogP contribution in [0.1, 0.15) is 87.9 Å². The molecule has 0 saturated heterocycles. The summed E-state index contributed by atoms with van der Waals surface area (Å²) in [7, 11) is 0. The lowest BCUT2D eigenvalue weighted by molar-refractivity contribution is -0.120. The molecule has 6 rings (SSSR count). The molecule has 3 unspecified atom stereocenters. The zero-order chi connectivity index (χ0) is 26.1. The van der Waals surface area contributed by atoms with Crippen molar-refractivity contribution in [1.82, 2.24) is 15.3 Å². The van der Waals surface area contributed by atoms with Crippen molar-refractivity contribution in [3.63, 3.8) is 0 Å². The van der Waals surface area contributed by atoms with Crippen LogP contribution in [0.2, 0.25) is 0 Å². The highest BCUT2D eigenvalue weighted by Gasteiger charge is 2.42. The number of nitrogens with one attached hydrogen (secondary N) is 3. The number of carbonyl (C=O) groups excluding carboxylic acids is 2. The number of aromatic amines is 1. The van der Waals surface area contributed by atoms with Crippen LogP contribution in [0.25, 0.3) is 22.4 Å². The summed E-state index contributed by atoms with van der Waals surface area (Å²) < 4.78 is 0. The summed E-state index contributed by atoms with van der Waals surface area (Å²) >= 11 is 0. The van der Waals surface area contributed by atoms with E-state index in [1.165, 1.54) is 44.9 Å². The van der Waals surface area contributed by atoms with Gasteiger partial charge in [-0.25, -0.2) is 4.98 Å². The molecule has 4 atom stereocenters. The van der Waals surface area contributed by atoms with E-state index in [-0.39, 0.29) is 17.7 Å². The topological polar surface area (TPSA) is 86.9 Å². The highest BCUT2D eigenvalue weighted by Crippen LogP contribution is 2.46. The maximum absolute atomic E-state index is 13.3. The average molecular weight is 513 g/mol. The van der Waals surface area contributed by atoms with Gasteiger partial charge in [-0.15, -0.1) is 0 Å². The Morgan fingerprint density at radius 2 is 1.79 bits per heavy atom. The van der Waals surface area contributed by atoms with Crippen molar-refractivity contribution in [1.29, 1.82) is 0 Å². The van der Waals surface area contributed by atoms with Crippen LogP contribution >= 0.6 is 0 Å². The Hall–Kier alpha value is -3.15. The number of hydrogen-bond acceptors (Lipinski definition) is 3. The van der Waals surface area contributed by atoms with Crippen LogP contribution in [0.5, 0.6) is 0 Å². The molecule has 200 valence electrons. The van der Waals surface area contributed by atoms with Gasteiger partial charge in [-0.2, -0.15) is 0 Å². The minimum absolute atomic E-state index is 0.0255. The first-order chi connectivity index (χ1) is 18.6. The first-order valence-electron chi connectivity index (χ1n) is 14.8. The fourth-order valence-corrected chi connectivity index (χ4v) is 7.36. The molecular weight excluding hydrogens is 472 g/mol. The number of H-pyrrole nitrogens is 1. The molecule has 6 heteroatoms. The van der Waals surface area contributed by atoms with E-state index in [1.54, 1.807) is 0 Å². The molecule has 2 amide bonds. The first-order valence-corrected chi connectivity index (χ1v) is 14.8. The number of carbonyl (C=O) groups is 2. The molecular formula is C32H40N4O2. The molecule has 3 aliphatic rings. The van der Waals surface area contributed by atoms with Gasteiger partial charge < -0.3 is 15.6 Å². The van der Waals surface area contributed by atoms with Gasteiger partial charge in [0.1, 0.15) is 5.82 Å². The summed E-state index contributed by atoms with van der Waals surface area (Å²) in [6.45, 7) is 2.25. The lowest BCUT2D eigenvalue weighted by Crippen LogP contribution is -2.47. The standard InChI is InChI=1S/C32H40N4O2/c1-2-6-23-17-20-9-10-24(18-20)29(23)36-32(38)25-13-16-27-28(19-25)35-30(34-27)21-11-14-26(15-12-21)33-31(37)22-7-4-3-5-8-22/h11-16,19-20,22-24,29H,2-10,17-18H2,1H3,(H,33,37)(H,34,35)(H,36,38)/t20?,23-,24?,29?/m0/s1. The Labute approximate surface area is 225 Å². The number of fused-ring (bicyclic) bond motifs is 3. The highest BCUT2D eigenvalue weighted by atomic mass is 16.2. The molecule has 3 fully saturated rings. The molecule has 0 radical (unpaired) electrons. The maximum Gasteiger partial charge on any atom is 0.251 e. The SMILES string of the molecule is CCC[C@H]1CC2CCC(C2)C1NC(=O)c1ccc2nc(-c3ccc(NC(=O)C4CCCCC4)cc3)[nH]c2c1. The van der Waals surface area contributed by atoms with Gasteiger partial charge in [0.2, 0.25) is 5.91 Å². The molecule has 0 aliphatic heterocycles. The first kappa shape index (κ1) is 25.1. The van der Waals surface area contributed by atoms with E-state index in [0.717, 1.165) is 59.7 Å². The van der Waals surface area contributed by atoms with Crippen LogP contribution in [-0.2, 0) is 4.79 Å². The Kier molecular flexibility index (Phi) is 7.22. The van der Waals surface area contributed by atoms with Crippen LogP contribution in [0.15, 0.2) is 42.5 Å². The van der Waals surface area contributed by atoms with Crippen molar-refractivity contribution in [2.75, 3.05) is 5.32 Å². The van der Waals surface area contributed by atoms with Crippen molar-refractivity contribution in [2.24, 2.45) is 23.7 Å². The Bertz CT molecular complexity index is 1290. The van der Waals surface area contributed by atoms with E-state index in [2.05, 4.69) is 22.5 Å². The smallest absolute Gasteiger partial charge is 0.251 e. The number of nitrogens with zero attached hydrogens (tertiary/aromatic N) is 1. The Morgan fingerprint density at radius 3 is 2.58 bits per heavy atom. The molecule has 3 N–H and O–H groups in total. The minimum Gasteiger partial charge on any atom is -0.349 e. The summed E-state index contributed by atoms with van der Waals surface area (Å²) in [4.78, 5) is 34.1. The van der Waals surface area contributed by atoms with Gasteiger partial charge in [0.25, 0.3) is 5.91 Å². The molecule has 3 aliphatic carbocycles. The van der Waals surface area contributed by atoms with E-state index >= 15 is 0 Å². The van der Waals surface area contributed by atoms with Crippen molar-refractivity contribution >= 4 is 28.5 Å². The van der Waals surface area contributed by atoms with Crippen molar-refractivity contribution in [3.8, 4) is 11.4 Å². The second kappa shape index (κ2) is 10.9. The van der Waals surface area contributed by atoms with E-state index in [4.69, 9.17) is 4.98 Å². The number of hydrogen-bond donors (Lipinski definition) is 3. The van der Waals surface area contributed by atoms with Gasteiger partial charge in [0.05, 0.1) is 11.0 Å². The fourth-order valence-electron chi connectivity index (χ4n) is 7.36. The quantitative estimate of drug-likeness (QED) is 0.316. The average Bonchev–Trinajstić information content (AvgIpc) is 3.55. The summed E-state index contributed by atoms with van der Waals surface area (Å²) in [5.74, 6) is 3.16. The molecule has 1 heterocycles. The van der Waals surface area contributed by atoms with Crippen LogP contribution in [0.3, 0.4) is 0 Å². The fraction of sp³-hybridized carbons (Fsp3) is 0.531. The number of rotatable bonds is 7. The largest absolute Gasteiger partial charge is 0.349 e. The van der Waals surface area contributed by atoms with Crippen LogP contribution in [0.4, 0.5) is 5.69 Å². The van der Waals surface area contributed by atoms with Crippen LogP contribution in [0, 0.1) is 23.7 Å². The molecule has 3 saturated carbocycles. The third-order valence-electron chi connectivity index (χ3n) is 9.34. The monoisotopic (exact) mass is 512 g/mol. The third-order valence-corrected chi connectivity index (χ3v) is 9.34. The molecule has 0 spiro atoms. The maximum atomic E-state index is 13.3. The third kappa shape index (κ3) is 5.23. The van der Waals surface area contributed by atoms with Crippen LogP contribution in [-0.4, -0.2) is 27.8 Å². The number of amides is 2. The van der Waals surface area contributed by atoms with E-state index < -0.39 is 0 Å². The van der Waals surface area contributed by atoms with Gasteiger partial charge in [-0.1, -0.05) is 39.0 Å². The predicted molar refractivity (Wildman–Crippen MR) is 152 cm³/mol. The molecule has 2 aromatic carbocycles. The number of benzene rings is 2. The van der Waals surface area contributed by atoms with E-state index in [0.29, 0.717) is 23.4 Å². The van der Waals surface area contributed by atoms with Gasteiger partial charge in [-0.3, -0.25) is 9.59 Å². The molecule has 3 aromatic rings. The predicted octanol–water partition coefficient (Wildman–Crippen LogP) is 7.08. The van der Waals surface area contributed by atoms with Crippen molar-refractivity contribution in [3.05, 3.63) is 48.0 Å². The van der Waals surface area contributed by atoms with Crippen molar-refractivity contribution in [2.45, 2.75) is 83.6 Å². The summed E-state index contributed by atoms with van der Waals surface area (Å²) in [6, 6.07) is 13.9. The van der Waals surface area contributed by atoms with Crippen LogP contribution < -0.4 is 10.6 Å². The Balaban J connectivity index is 1.14. The Morgan fingerprint density at radius 1 is 0.974 bits per heavy atom. The summed E-state index contributed by atoms with van der Waals surface area (Å²) in [5.41, 5.74) is 4.15. The molecule has 38 heavy (non-hydrogen) atoms. The second-order valence-corrected chi connectivity index (χ2v) is 11.9. The lowest BCUT2D eigenvalue weighted by atomic mass is 9.75. The van der Waals surface area contributed by atoms with E-state index in [9.17, 15) is 9.59 Å². The minimum atomic E-state index is 0.0255. The molecule has 2 bridgehead atoms. The second-order valence-electron chi connectivity index (χ2n) is 11.9. The zero-order valence-electron chi connectivity index (χ0n) is 22.5. The number of imidazole rings is 1. The van der Waals surface area contributed by atoms with Gasteiger partial charge >= 0.3 is 0 Å². The van der Waals surface area contributed by atoms with Crippen molar-refractivity contribution < 1.29 is 9.59 Å². The van der Waals surface area contributed by atoms with E-state index in [1.807, 2.05) is 42.5 Å². The van der Waals surface area contributed by atoms with Gasteiger partial charge in [0.15, 0.2) is 0 Å². The number of anilines is 1. The highest BCUT2D eigenvalue weighted by molar-refractivity contribution is 5.98. The molecule has 6 nitrogen and oxygen atoms in total.